The predicted molar refractivity (Wildman–Crippen MR) is 108 cm³/mol. The van der Waals surface area contributed by atoms with Crippen molar-refractivity contribution in [2.24, 2.45) is 0 Å². The molecule has 1 aliphatic rings. The Hall–Kier alpha value is -3.35. The second-order valence-corrected chi connectivity index (χ2v) is 7.21. The van der Waals surface area contributed by atoms with E-state index in [-0.39, 0.29) is 18.9 Å². The molecular formula is C22H24N2O5. The van der Waals surface area contributed by atoms with E-state index in [4.69, 9.17) is 9.84 Å². The summed E-state index contributed by atoms with van der Waals surface area (Å²) in [7, 11) is 0. The van der Waals surface area contributed by atoms with E-state index in [9.17, 15) is 14.4 Å². The van der Waals surface area contributed by atoms with Gasteiger partial charge in [-0.1, -0.05) is 55.5 Å². The molecule has 0 saturated heterocycles. The zero-order chi connectivity index (χ0) is 21.0. The standard InChI is InChI=1S/C22H24N2O5/c1-3-22(2,20(27)23-12-19(25)26)24-21(28)29-13-18-16-10-6-4-8-14(16)15-9-5-7-11-17(15)18/h4-11,18H,3,12-13H2,1-2H3,(H,23,27)(H,24,28)(H,25,26). The van der Waals surface area contributed by atoms with E-state index in [2.05, 4.69) is 22.8 Å². The minimum atomic E-state index is -1.27. The van der Waals surface area contributed by atoms with Crippen LogP contribution in [0.5, 0.6) is 0 Å². The van der Waals surface area contributed by atoms with E-state index in [0.717, 1.165) is 22.3 Å². The summed E-state index contributed by atoms with van der Waals surface area (Å²) in [4.78, 5) is 35.4. The molecule has 7 nitrogen and oxygen atoms in total. The Bertz CT molecular complexity index is 897. The van der Waals surface area contributed by atoms with E-state index < -0.39 is 30.1 Å². The van der Waals surface area contributed by atoms with Crippen LogP contribution < -0.4 is 10.6 Å². The van der Waals surface area contributed by atoms with Crippen LogP contribution in [0.2, 0.25) is 0 Å². The first kappa shape index (κ1) is 20.4. The van der Waals surface area contributed by atoms with Gasteiger partial charge in [0.25, 0.3) is 0 Å². The average molecular weight is 396 g/mol. The number of fused-ring (bicyclic) bond motifs is 3. The van der Waals surface area contributed by atoms with E-state index in [1.807, 2.05) is 36.4 Å². The SMILES string of the molecule is CCC(C)(NC(=O)OCC1c2ccccc2-c2ccccc21)C(=O)NCC(=O)O. The van der Waals surface area contributed by atoms with E-state index in [1.165, 1.54) is 6.92 Å². The van der Waals surface area contributed by atoms with Crippen LogP contribution in [-0.2, 0) is 14.3 Å². The molecule has 0 fully saturated rings. The van der Waals surface area contributed by atoms with Gasteiger partial charge >= 0.3 is 12.1 Å². The molecule has 1 atom stereocenters. The summed E-state index contributed by atoms with van der Waals surface area (Å²) in [6, 6.07) is 16.0. The number of ether oxygens (including phenoxy) is 1. The summed E-state index contributed by atoms with van der Waals surface area (Å²) in [6.07, 6.45) is -0.440. The van der Waals surface area contributed by atoms with Crippen molar-refractivity contribution in [3.8, 4) is 11.1 Å². The van der Waals surface area contributed by atoms with Gasteiger partial charge in [-0.15, -0.1) is 0 Å². The number of carboxylic acids is 1. The van der Waals surface area contributed by atoms with Gasteiger partial charge in [-0.25, -0.2) is 4.79 Å². The minimum Gasteiger partial charge on any atom is -0.480 e. The van der Waals surface area contributed by atoms with E-state index in [0.29, 0.717) is 0 Å². The Balaban J connectivity index is 1.67. The van der Waals surface area contributed by atoms with Crippen molar-refractivity contribution in [1.29, 1.82) is 0 Å². The fourth-order valence-electron chi connectivity index (χ4n) is 3.52. The maximum Gasteiger partial charge on any atom is 0.408 e. The molecule has 0 radical (unpaired) electrons. The largest absolute Gasteiger partial charge is 0.480 e. The molecule has 152 valence electrons. The van der Waals surface area contributed by atoms with E-state index in [1.54, 1.807) is 6.92 Å². The Morgan fingerprint density at radius 1 is 1.03 bits per heavy atom. The number of hydrogen-bond donors (Lipinski definition) is 3. The summed E-state index contributed by atoms with van der Waals surface area (Å²) >= 11 is 0. The molecule has 3 N–H and O–H groups in total. The summed E-state index contributed by atoms with van der Waals surface area (Å²) in [6.45, 7) is 2.88. The first-order chi connectivity index (χ1) is 13.9. The number of carbonyl (C=O) groups is 3. The zero-order valence-electron chi connectivity index (χ0n) is 16.4. The lowest BCUT2D eigenvalue weighted by Crippen LogP contribution is -2.57. The Labute approximate surface area is 169 Å². The third kappa shape index (κ3) is 4.23. The van der Waals surface area contributed by atoms with Gasteiger partial charge in [0.1, 0.15) is 18.7 Å². The van der Waals surface area contributed by atoms with Crippen molar-refractivity contribution in [1.82, 2.24) is 10.6 Å². The molecule has 29 heavy (non-hydrogen) atoms. The zero-order valence-corrected chi connectivity index (χ0v) is 16.4. The number of carbonyl (C=O) groups excluding carboxylic acids is 2. The second-order valence-electron chi connectivity index (χ2n) is 7.21. The quantitative estimate of drug-likeness (QED) is 0.667. The number of aliphatic carboxylic acids is 1. The lowest BCUT2D eigenvalue weighted by Gasteiger charge is -2.28. The van der Waals surface area contributed by atoms with Gasteiger partial charge < -0.3 is 20.5 Å². The molecular weight excluding hydrogens is 372 g/mol. The number of carboxylic acid groups (broad SMARTS) is 1. The molecule has 0 bridgehead atoms. The predicted octanol–water partition coefficient (Wildman–Crippen LogP) is 2.89. The molecule has 7 heteroatoms. The lowest BCUT2D eigenvalue weighted by atomic mass is 9.97. The van der Waals surface area contributed by atoms with Crippen LogP contribution in [0.1, 0.15) is 37.3 Å². The van der Waals surface area contributed by atoms with Gasteiger partial charge in [-0.3, -0.25) is 9.59 Å². The van der Waals surface area contributed by atoms with Gasteiger partial charge in [-0.05, 0) is 35.6 Å². The summed E-state index contributed by atoms with van der Waals surface area (Å²) in [5.74, 6) is -1.81. The van der Waals surface area contributed by atoms with Gasteiger partial charge in [0, 0.05) is 5.92 Å². The van der Waals surface area contributed by atoms with Crippen molar-refractivity contribution < 1.29 is 24.2 Å². The maximum absolute atomic E-state index is 12.4. The van der Waals surface area contributed by atoms with Crippen LogP contribution in [0, 0.1) is 0 Å². The fourth-order valence-corrected chi connectivity index (χ4v) is 3.52. The van der Waals surface area contributed by atoms with Gasteiger partial charge in [0.15, 0.2) is 0 Å². The van der Waals surface area contributed by atoms with Gasteiger partial charge in [0.05, 0.1) is 0 Å². The molecule has 0 aliphatic heterocycles. The van der Waals surface area contributed by atoms with Crippen LogP contribution >= 0.6 is 0 Å². The second kappa shape index (κ2) is 8.34. The molecule has 0 heterocycles. The third-order valence-corrected chi connectivity index (χ3v) is 5.33. The third-order valence-electron chi connectivity index (χ3n) is 5.33. The summed E-state index contributed by atoms with van der Waals surface area (Å²) < 4.78 is 5.47. The highest BCUT2D eigenvalue weighted by molar-refractivity contribution is 5.91. The maximum atomic E-state index is 12.4. The number of nitrogens with one attached hydrogen (secondary N) is 2. The van der Waals surface area contributed by atoms with Gasteiger partial charge in [0.2, 0.25) is 5.91 Å². The molecule has 1 unspecified atom stereocenters. The molecule has 0 aromatic heterocycles. The smallest absolute Gasteiger partial charge is 0.408 e. The summed E-state index contributed by atoms with van der Waals surface area (Å²) in [5.41, 5.74) is 3.18. The Morgan fingerprint density at radius 3 is 2.10 bits per heavy atom. The van der Waals surface area contributed by atoms with Crippen LogP contribution in [0.15, 0.2) is 48.5 Å². The normalized spacial score (nSPS) is 14.3. The first-order valence-corrected chi connectivity index (χ1v) is 9.49. The van der Waals surface area contributed by atoms with Crippen LogP contribution in [-0.4, -0.2) is 41.8 Å². The molecule has 0 spiro atoms. The Morgan fingerprint density at radius 2 is 1.59 bits per heavy atom. The van der Waals surface area contributed by atoms with Crippen LogP contribution in [0.4, 0.5) is 4.79 Å². The summed E-state index contributed by atoms with van der Waals surface area (Å²) in [5, 5.41) is 13.6. The highest BCUT2D eigenvalue weighted by atomic mass is 16.5. The Kier molecular flexibility index (Phi) is 5.87. The molecule has 2 amide bonds. The van der Waals surface area contributed by atoms with Crippen molar-refractivity contribution in [3.63, 3.8) is 0 Å². The van der Waals surface area contributed by atoms with Crippen molar-refractivity contribution in [3.05, 3.63) is 59.7 Å². The van der Waals surface area contributed by atoms with Gasteiger partial charge in [-0.2, -0.15) is 0 Å². The van der Waals surface area contributed by atoms with Crippen LogP contribution in [0.25, 0.3) is 11.1 Å². The monoisotopic (exact) mass is 396 g/mol. The number of benzene rings is 2. The molecule has 2 aromatic carbocycles. The molecule has 3 rings (SSSR count). The molecule has 1 aliphatic carbocycles. The average Bonchev–Trinajstić information content (AvgIpc) is 3.04. The van der Waals surface area contributed by atoms with Crippen LogP contribution in [0.3, 0.4) is 0 Å². The van der Waals surface area contributed by atoms with Crippen molar-refractivity contribution in [2.45, 2.75) is 31.7 Å². The number of hydrogen-bond acceptors (Lipinski definition) is 4. The first-order valence-electron chi connectivity index (χ1n) is 9.49. The van der Waals surface area contributed by atoms with Crippen molar-refractivity contribution in [2.75, 3.05) is 13.2 Å². The number of amides is 2. The fraction of sp³-hybridized carbons (Fsp3) is 0.318. The number of rotatable bonds is 7. The minimum absolute atomic E-state index is 0.0816. The molecule has 2 aromatic rings. The highest BCUT2D eigenvalue weighted by Crippen LogP contribution is 2.44. The molecule has 0 saturated carbocycles. The topological polar surface area (TPSA) is 105 Å². The van der Waals surface area contributed by atoms with Crippen molar-refractivity contribution >= 4 is 18.0 Å². The number of alkyl carbamates (subject to hydrolysis) is 1. The van der Waals surface area contributed by atoms with E-state index >= 15 is 0 Å². The lowest BCUT2D eigenvalue weighted by molar-refractivity contribution is -0.138. The highest BCUT2D eigenvalue weighted by Gasteiger charge is 2.35.